The first kappa shape index (κ1) is 46.1. The standard InChI is InChI=1S/C45H49F4N7O9/c1-21(2)37(52-44(61)63-5)41(59)54-19-27(48)16-34(54)39(57)50-29-8-10-32-23(13-29)14-33-31-9-7-30(18-36(31)65-43(56(32)33)24-11-25(46)15-26(47)12-24)51-40(58)35-17-28(49)20-55(35)42(60)38(22(3)4)53-45(62)64-6/h7-15,18,21-22,27-28,34-35,37-38,43H,16-17,19-20H2,1-6H3,(H,50,57)(H,51,58)(H,52,61)(H,53,62)/t27-,28+,34-,35-,37?,38-,43?/m0/s1. The minimum atomic E-state index is -1.51. The number of nitrogens with zero attached hydrogens (tertiary/aromatic N) is 3. The third kappa shape index (κ3) is 9.51. The molecule has 0 aliphatic carbocycles. The lowest BCUT2D eigenvalue weighted by molar-refractivity contribution is -0.139. The van der Waals surface area contributed by atoms with E-state index in [-0.39, 0.29) is 48.6 Å². The molecule has 2 fully saturated rings. The number of aromatic nitrogens is 1. The highest BCUT2D eigenvalue weighted by molar-refractivity contribution is 6.02. The van der Waals surface area contributed by atoms with Gasteiger partial charge in [-0.05, 0) is 60.4 Å². The Bertz CT molecular complexity index is 2520. The van der Waals surface area contributed by atoms with Crippen LogP contribution in [0.5, 0.6) is 5.75 Å². The molecule has 6 amide bonds. The Labute approximate surface area is 370 Å². The summed E-state index contributed by atoms with van der Waals surface area (Å²) in [7, 11) is 2.28. The van der Waals surface area contributed by atoms with Gasteiger partial charge in [0.1, 0.15) is 53.9 Å². The van der Waals surface area contributed by atoms with E-state index in [9.17, 15) is 46.3 Å². The molecule has 3 aromatic carbocycles. The first-order valence-electron chi connectivity index (χ1n) is 21.0. The van der Waals surface area contributed by atoms with Crippen LogP contribution in [0.2, 0.25) is 0 Å². The zero-order chi connectivity index (χ0) is 47.0. The predicted octanol–water partition coefficient (Wildman–Crippen LogP) is 6.04. The molecule has 65 heavy (non-hydrogen) atoms. The highest BCUT2D eigenvalue weighted by Crippen LogP contribution is 2.46. The normalized spacial score (nSPS) is 21.0. The number of carbonyl (C=O) groups is 6. The Morgan fingerprint density at radius 1 is 0.677 bits per heavy atom. The second-order valence-electron chi connectivity index (χ2n) is 16.9. The van der Waals surface area contributed by atoms with Gasteiger partial charge in [0.2, 0.25) is 29.9 Å². The number of hydrogen-bond acceptors (Lipinski definition) is 9. The van der Waals surface area contributed by atoms with Gasteiger partial charge in [0.25, 0.3) is 0 Å². The smallest absolute Gasteiger partial charge is 0.407 e. The van der Waals surface area contributed by atoms with Crippen molar-refractivity contribution in [1.82, 2.24) is 25.0 Å². The maximum absolute atomic E-state index is 14.9. The van der Waals surface area contributed by atoms with Crippen molar-refractivity contribution in [2.24, 2.45) is 11.8 Å². The molecule has 1 aromatic heterocycles. The molecule has 3 aliphatic heterocycles. The van der Waals surface area contributed by atoms with Crippen LogP contribution >= 0.6 is 0 Å². The summed E-state index contributed by atoms with van der Waals surface area (Å²) in [5, 5.41) is 11.0. The van der Waals surface area contributed by atoms with Crippen LogP contribution in [0.25, 0.3) is 22.2 Å². The van der Waals surface area contributed by atoms with Crippen molar-refractivity contribution < 1.29 is 60.5 Å². The average Bonchev–Trinajstić information content (AvgIpc) is 3.97. The molecule has 7 rings (SSSR count). The second kappa shape index (κ2) is 18.7. The first-order chi connectivity index (χ1) is 30.9. The fourth-order valence-corrected chi connectivity index (χ4v) is 8.55. The molecule has 2 unspecified atom stereocenters. The maximum atomic E-state index is 14.9. The number of methoxy groups -OCH3 is 2. The van der Waals surface area contributed by atoms with Gasteiger partial charge in [0.15, 0.2) is 0 Å². The molecular weight excluding hydrogens is 859 g/mol. The van der Waals surface area contributed by atoms with Crippen molar-refractivity contribution in [2.45, 2.75) is 83.3 Å². The fourth-order valence-electron chi connectivity index (χ4n) is 8.55. The van der Waals surface area contributed by atoms with Gasteiger partial charge in [-0.15, -0.1) is 0 Å². The SMILES string of the molecule is COC(=O)NC(C(=O)N1C[C@@H](F)C[C@H]1C(=O)Nc1ccc2c(c1)cc1n2C(c2cc(F)cc(F)c2)Oc2cc(NC(=O)[C@@H]3C[C@@H](F)CN3C(=O)[C@@H](NC(=O)OC)C(C)C)ccc2-1)C(C)C. The predicted molar refractivity (Wildman–Crippen MR) is 228 cm³/mol. The fraction of sp³-hybridized carbons (Fsp3) is 0.422. The molecule has 0 spiro atoms. The Balaban J connectivity index is 1.17. The lowest BCUT2D eigenvalue weighted by atomic mass is 10.0. The number of alkyl carbamates (subject to hydrolysis) is 2. The Morgan fingerprint density at radius 2 is 1.17 bits per heavy atom. The van der Waals surface area contributed by atoms with E-state index in [1.165, 1.54) is 6.07 Å². The van der Waals surface area contributed by atoms with E-state index in [0.717, 1.165) is 36.2 Å². The van der Waals surface area contributed by atoms with Gasteiger partial charge < -0.3 is 49.8 Å². The molecule has 16 nitrogen and oxygen atoms in total. The van der Waals surface area contributed by atoms with Gasteiger partial charge in [-0.3, -0.25) is 19.2 Å². The van der Waals surface area contributed by atoms with E-state index in [0.29, 0.717) is 28.2 Å². The maximum Gasteiger partial charge on any atom is 0.407 e. The van der Waals surface area contributed by atoms with Crippen molar-refractivity contribution in [3.05, 3.63) is 77.9 Å². The van der Waals surface area contributed by atoms with Crippen molar-refractivity contribution in [2.75, 3.05) is 37.9 Å². The largest absolute Gasteiger partial charge is 0.465 e. The first-order valence-corrected chi connectivity index (χ1v) is 21.0. The summed E-state index contributed by atoms with van der Waals surface area (Å²) in [4.78, 5) is 80.9. The highest BCUT2D eigenvalue weighted by Gasteiger charge is 2.45. The molecule has 20 heteroatoms. The molecular formula is C45H49F4N7O9. The summed E-state index contributed by atoms with van der Waals surface area (Å²) >= 11 is 0. The van der Waals surface area contributed by atoms with Gasteiger partial charge in [0, 0.05) is 52.9 Å². The number of amides is 6. The Morgan fingerprint density at radius 3 is 1.66 bits per heavy atom. The van der Waals surface area contributed by atoms with Crippen LogP contribution in [0.4, 0.5) is 38.5 Å². The van der Waals surface area contributed by atoms with E-state index in [4.69, 9.17) is 4.74 Å². The van der Waals surface area contributed by atoms with Gasteiger partial charge in [0.05, 0.1) is 38.5 Å². The number of nitrogens with one attached hydrogen (secondary N) is 4. The van der Waals surface area contributed by atoms with Crippen LogP contribution in [-0.2, 0) is 28.7 Å². The van der Waals surface area contributed by atoms with Crippen LogP contribution in [0, 0.1) is 23.5 Å². The van der Waals surface area contributed by atoms with Crippen LogP contribution in [-0.4, -0.2) is 114 Å². The van der Waals surface area contributed by atoms with Gasteiger partial charge in [-0.25, -0.2) is 27.2 Å². The molecule has 3 aliphatic rings. The molecule has 4 aromatic rings. The lowest BCUT2D eigenvalue weighted by Gasteiger charge is -2.31. The topological polar surface area (TPSA) is 190 Å². The zero-order valence-corrected chi connectivity index (χ0v) is 36.3. The number of likely N-dealkylation sites (tertiary alicyclic amines) is 2. The van der Waals surface area contributed by atoms with Crippen molar-refractivity contribution in [3.8, 4) is 17.0 Å². The van der Waals surface area contributed by atoms with E-state index in [2.05, 4.69) is 30.7 Å². The van der Waals surface area contributed by atoms with Gasteiger partial charge in [-0.1, -0.05) is 27.7 Å². The number of benzene rings is 3. The quantitative estimate of drug-likeness (QED) is 0.130. The summed E-state index contributed by atoms with van der Waals surface area (Å²) in [6.45, 7) is 6.02. The van der Waals surface area contributed by atoms with Crippen LogP contribution in [0.15, 0.2) is 60.7 Å². The molecule has 0 bridgehead atoms. The number of halogens is 4. The minimum Gasteiger partial charge on any atom is -0.465 e. The van der Waals surface area contributed by atoms with Crippen LogP contribution < -0.4 is 26.0 Å². The summed E-state index contributed by atoms with van der Waals surface area (Å²) < 4.78 is 76.7. The Kier molecular flexibility index (Phi) is 13.3. The summed E-state index contributed by atoms with van der Waals surface area (Å²) in [6, 6.07) is 9.67. The van der Waals surface area contributed by atoms with E-state index < -0.39 is 102 Å². The van der Waals surface area contributed by atoms with E-state index >= 15 is 0 Å². The summed E-state index contributed by atoms with van der Waals surface area (Å²) in [6.07, 6.45) is -6.45. The third-order valence-corrected chi connectivity index (χ3v) is 11.7. The molecule has 4 heterocycles. The zero-order valence-electron chi connectivity index (χ0n) is 36.3. The van der Waals surface area contributed by atoms with Gasteiger partial charge >= 0.3 is 12.2 Å². The average molecular weight is 908 g/mol. The molecule has 0 saturated carbocycles. The third-order valence-electron chi connectivity index (χ3n) is 11.7. The van der Waals surface area contributed by atoms with Crippen molar-refractivity contribution >= 4 is 58.1 Å². The number of hydrogen-bond donors (Lipinski definition) is 4. The molecule has 2 saturated heterocycles. The molecule has 7 atom stereocenters. The van der Waals surface area contributed by atoms with Crippen LogP contribution in [0.3, 0.4) is 0 Å². The van der Waals surface area contributed by atoms with E-state index in [1.54, 1.807) is 68.7 Å². The Hall–Kier alpha value is -6.86. The second-order valence-corrected chi connectivity index (χ2v) is 16.9. The number of carbonyl (C=O) groups excluding carboxylic acids is 6. The highest BCUT2D eigenvalue weighted by atomic mass is 19.1. The number of anilines is 2. The monoisotopic (exact) mass is 907 g/mol. The summed E-state index contributed by atoms with van der Waals surface area (Å²) in [5.74, 6) is -5.03. The molecule has 0 radical (unpaired) electrons. The van der Waals surface area contributed by atoms with E-state index in [1.807, 2.05) is 0 Å². The van der Waals surface area contributed by atoms with Gasteiger partial charge in [-0.2, -0.15) is 0 Å². The minimum absolute atomic E-state index is 0.0984. The van der Waals surface area contributed by atoms with Crippen molar-refractivity contribution in [1.29, 1.82) is 0 Å². The number of alkyl halides is 2. The number of ether oxygens (including phenoxy) is 3. The number of rotatable bonds is 11. The lowest BCUT2D eigenvalue weighted by Crippen LogP contribution is -2.54. The molecule has 346 valence electrons. The summed E-state index contributed by atoms with van der Waals surface area (Å²) in [5.41, 5.74) is 2.14. The van der Waals surface area contributed by atoms with Crippen LogP contribution in [0.1, 0.15) is 52.3 Å². The van der Waals surface area contributed by atoms with Crippen molar-refractivity contribution in [3.63, 3.8) is 0 Å². The molecule has 4 N–H and O–H groups in total. The number of fused-ring (bicyclic) bond motifs is 5.